The Balaban J connectivity index is 1.95. The van der Waals surface area contributed by atoms with Crippen LogP contribution in [0.5, 0.6) is 0 Å². The molecular formula is C12H23N5O. The molecule has 0 amide bonds. The van der Waals surface area contributed by atoms with Gasteiger partial charge < -0.3 is 14.7 Å². The zero-order valence-corrected chi connectivity index (χ0v) is 11.5. The lowest BCUT2D eigenvalue weighted by molar-refractivity contribution is 0.108. The van der Waals surface area contributed by atoms with Crippen molar-refractivity contribution in [2.75, 3.05) is 47.3 Å². The smallest absolute Gasteiger partial charge is 0.226 e. The molecule has 1 N–H and O–H groups in total. The molecule has 6 heteroatoms. The summed E-state index contributed by atoms with van der Waals surface area (Å²) in [5.41, 5.74) is 0. The van der Waals surface area contributed by atoms with E-state index in [1.54, 1.807) is 0 Å². The summed E-state index contributed by atoms with van der Waals surface area (Å²) in [5.74, 6) is 1.57. The lowest BCUT2D eigenvalue weighted by Crippen LogP contribution is -2.45. The van der Waals surface area contributed by atoms with Crippen molar-refractivity contribution in [2.24, 2.45) is 0 Å². The third-order valence-corrected chi connectivity index (χ3v) is 3.45. The van der Waals surface area contributed by atoms with E-state index in [-0.39, 0.29) is 6.04 Å². The molecule has 0 radical (unpaired) electrons. The molecular weight excluding hydrogens is 230 g/mol. The van der Waals surface area contributed by atoms with E-state index >= 15 is 0 Å². The summed E-state index contributed by atoms with van der Waals surface area (Å²) in [4.78, 5) is 9.12. The number of aryl methyl sites for hydroxylation is 1. The molecule has 0 bridgehead atoms. The summed E-state index contributed by atoms with van der Waals surface area (Å²) >= 11 is 0. The van der Waals surface area contributed by atoms with Gasteiger partial charge in [0.1, 0.15) is 0 Å². The van der Waals surface area contributed by atoms with Crippen LogP contribution in [0, 0.1) is 0 Å². The first-order valence-electron chi connectivity index (χ1n) is 6.56. The molecule has 0 aromatic carbocycles. The Labute approximate surface area is 108 Å². The van der Waals surface area contributed by atoms with Crippen LogP contribution in [-0.4, -0.2) is 67.3 Å². The highest BCUT2D eigenvalue weighted by molar-refractivity contribution is 4.98. The average Bonchev–Trinajstić information content (AvgIpc) is 2.81. The predicted octanol–water partition coefficient (Wildman–Crippen LogP) is 0.140. The molecule has 1 atom stereocenters. The first-order valence-corrected chi connectivity index (χ1v) is 6.56. The number of hydrogen-bond acceptors (Lipinski definition) is 6. The second-order valence-corrected chi connectivity index (χ2v) is 5.01. The molecule has 1 aromatic rings. The maximum atomic E-state index is 5.31. The van der Waals surface area contributed by atoms with Gasteiger partial charge in [0.05, 0.1) is 6.04 Å². The van der Waals surface area contributed by atoms with Crippen LogP contribution in [0.4, 0.5) is 0 Å². The molecule has 1 saturated heterocycles. The molecule has 0 spiro atoms. The molecule has 1 aliphatic rings. The monoisotopic (exact) mass is 253 g/mol. The summed E-state index contributed by atoms with van der Waals surface area (Å²) in [6.07, 6.45) is 1.87. The summed E-state index contributed by atoms with van der Waals surface area (Å²) in [5, 5.41) is 7.24. The van der Waals surface area contributed by atoms with E-state index in [2.05, 4.69) is 39.4 Å². The highest BCUT2D eigenvalue weighted by Gasteiger charge is 2.27. The summed E-state index contributed by atoms with van der Waals surface area (Å²) in [6, 6.07) is 0.255. The quantitative estimate of drug-likeness (QED) is 0.753. The zero-order valence-electron chi connectivity index (χ0n) is 11.5. The first kappa shape index (κ1) is 13.5. The van der Waals surface area contributed by atoms with Crippen LogP contribution >= 0.6 is 0 Å². The number of aromatic nitrogens is 2. The molecule has 0 saturated carbocycles. The Morgan fingerprint density at radius 1 is 1.39 bits per heavy atom. The van der Waals surface area contributed by atoms with Gasteiger partial charge in [0.2, 0.25) is 5.89 Å². The molecule has 1 fully saturated rings. The van der Waals surface area contributed by atoms with Crippen molar-refractivity contribution in [3.05, 3.63) is 11.7 Å². The molecule has 1 unspecified atom stereocenters. The van der Waals surface area contributed by atoms with Crippen LogP contribution in [0.15, 0.2) is 4.52 Å². The SMILES string of the molecule is CNCCCc1nc(C2CN(C)CCN2C)no1. The molecule has 0 aliphatic carbocycles. The third kappa shape index (κ3) is 3.28. The van der Waals surface area contributed by atoms with Crippen LogP contribution in [0.1, 0.15) is 24.2 Å². The van der Waals surface area contributed by atoms with Crippen molar-refractivity contribution in [2.45, 2.75) is 18.9 Å². The van der Waals surface area contributed by atoms with Gasteiger partial charge in [-0.1, -0.05) is 5.16 Å². The summed E-state index contributed by atoms with van der Waals surface area (Å²) < 4.78 is 5.31. The minimum Gasteiger partial charge on any atom is -0.339 e. The number of hydrogen-bond donors (Lipinski definition) is 1. The highest BCUT2D eigenvalue weighted by Crippen LogP contribution is 2.20. The standard InChI is InChI=1S/C12H23N5O/c1-13-6-4-5-11-14-12(15-18-11)10-9-16(2)7-8-17(10)3/h10,13H,4-9H2,1-3H3. The predicted molar refractivity (Wildman–Crippen MR) is 69.4 cm³/mol. The Morgan fingerprint density at radius 3 is 3.00 bits per heavy atom. The van der Waals surface area contributed by atoms with Crippen molar-refractivity contribution >= 4 is 0 Å². The van der Waals surface area contributed by atoms with E-state index in [9.17, 15) is 0 Å². The molecule has 2 rings (SSSR count). The third-order valence-electron chi connectivity index (χ3n) is 3.45. The minimum absolute atomic E-state index is 0.255. The number of nitrogens with zero attached hydrogens (tertiary/aromatic N) is 4. The van der Waals surface area contributed by atoms with E-state index in [1.165, 1.54) is 0 Å². The maximum Gasteiger partial charge on any atom is 0.226 e. The van der Waals surface area contributed by atoms with Crippen LogP contribution in [0.25, 0.3) is 0 Å². The largest absolute Gasteiger partial charge is 0.339 e. The summed E-state index contributed by atoms with van der Waals surface area (Å²) in [6.45, 7) is 4.08. The Hall–Kier alpha value is -0.980. The molecule has 102 valence electrons. The van der Waals surface area contributed by atoms with Gasteiger partial charge in [-0.15, -0.1) is 0 Å². The Kier molecular flexibility index (Phi) is 4.68. The lowest BCUT2D eigenvalue weighted by atomic mass is 10.2. The van der Waals surface area contributed by atoms with Gasteiger partial charge in [-0.3, -0.25) is 4.90 Å². The number of likely N-dealkylation sites (N-methyl/N-ethyl adjacent to an activating group) is 2. The van der Waals surface area contributed by atoms with Crippen LogP contribution in [0.2, 0.25) is 0 Å². The minimum atomic E-state index is 0.255. The van der Waals surface area contributed by atoms with Crippen LogP contribution in [-0.2, 0) is 6.42 Å². The van der Waals surface area contributed by atoms with E-state index < -0.39 is 0 Å². The van der Waals surface area contributed by atoms with Crippen molar-refractivity contribution in [1.29, 1.82) is 0 Å². The van der Waals surface area contributed by atoms with Gasteiger partial charge in [0.25, 0.3) is 0 Å². The van der Waals surface area contributed by atoms with E-state index in [4.69, 9.17) is 4.52 Å². The van der Waals surface area contributed by atoms with Gasteiger partial charge in [0.15, 0.2) is 5.82 Å². The normalized spacial score (nSPS) is 22.5. The highest BCUT2D eigenvalue weighted by atomic mass is 16.5. The fourth-order valence-corrected chi connectivity index (χ4v) is 2.21. The van der Waals surface area contributed by atoms with Gasteiger partial charge in [-0.2, -0.15) is 4.98 Å². The fourth-order valence-electron chi connectivity index (χ4n) is 2.21. The molecule has 6 nitrogen and oxygen atoms in total. The number of nitrogens with one attached hydrogen (secondary N) is 1. The number of piperazine rings is 1. The zero-order chi connectivity index (χ0) is 13.0. The average molecular weight is 253 g/mol. The second-order valence-electron chi connectivity index (χ2n) is 5.01. The van der Waals surface area contributed by atoms with Crippen LogP contribution in [0.3, 0.4) is 0 Å². The van der Waals surface area contributed by atoms with Crippen LogP contribution < -0.4 is 5.32 Å². The van der Waals surface area contributed by atoms with E-state index in [1.807, 2.05) is 7.05 Å². The van der Waals surface area contributed by atoms with E-state index in [0.29, 0.717) is 0 Å². The van der Waals surface area contributed by atoms with E-state index in [0.717, 1.165) is 50.7 Å². The van der Waals surface area contributed by atoms with Crippen molar-refractivity contribution < 1.29 is 4.52 Å². The lowest BCUT2D eigenvalue weighted by Gasteiger charge is -2.35. The van der Waals surface area contributed by atoms with Gasteiger partial charge in [-0.25, -0.2) is 0 Å². The van der Waals surface area contributed by atoms with Crippen molar-refractivity contribution in [1.82, 2.24) is 25.3 Å². The topological polar surface area (TPSA) is 57.4 Å². The molecule has 1 aliphatic heterocycles. The van der Waals surface area contributed by atoms with Crippen molar-refractivity contribution in [3.63, 3.8) is 0 Å². The molecule has 18 heavy (non-hydrogen) atoms. The summed E-state index contributed by atoms with van der Waals surface area (Å²) in [7, 11) is 6.20. The van der Waals surface area contributed by atoms with Gasteiger partial charge in [-0.05, 0) is 34.1 Å². The van der Waals surface area contributed by atoms with Crippen molar-refractivity contribution in [3.8, 4) is 0 Å². The fraction of sp³-hybridized carbons (Fsp3) is 0.833. The molecule has 1 aromatic heterocycles. The Bertz CT molecular complexity index is 367. The maximum absolute atomic E-state index is 5.31. The Morgan fingerprint density at radius 2 is 2.22 bits per heavy atom. The first-order chi connectivity index (χ1) is 8.70. The number of rotatable bonds is 5. The second kappa shape index (κ2) is 6.26. The van der Waals surface area contributed by atoms with Gasteiger partial charge >= 0.3 is 0 Å². The van der Waals surface area contributed by atoms with Gasteiger partial charge in [0, 0.05) is 26.1 Å². The molecule has 2 heterocycles.